The number of amides is 2. The number of ether oxygens (including phenoxy) is 1. The zero-order valence-corrected chi connectivity index (χ0v) is 18.0. The van der Waals surface area contributed by atoms with Crippen molar-refractivity contribution in [2.24, 2.45) is 5.73 Å². The van der Waals surface area contributed by atoms with Crippen LogP contribution in [0.3, 0.4) is 0 Å². The summed E-state index contributed by atoms with van der Waals surface area (Å²) in [5.41, 5.74) is 4.90. The van der Waals surface area contributed by atoms with Gasteiger partial charge in [-0.05, 0) is 92.0 Å². The molecule has 1 rings (SSSR count). The van der Waals surface area contributed by atoms with Gasteiger partial charge in [0.25, 0.3) is 0 Å². The maximum Gasteiger partial charge on any atom is 0.410 e. The number of nitrogens with one attached hydrogen (secondary N) is 3. The standard InChI is InChI=1S/C20H41N5O3/c1-20(2,3)28-19(27)25-16-6-9-17(25)18(26)24-15-8-14-23-12-5-4-11-22-13-7-10-21/h17,22-23H,4-16,21H2,1-3H3,(H,24,26). The molecule has 28 heavy (non-hydrogen) atoms. The van der Waals surface area contributed by atoms with E-state index in [9.17, 15) is 9.59 Å². The van der Waals surface area contributed by atoms with E-state index in [-0.39, 0.29) is 5.91 Å². The first kappa shape index (κ1) is 24.7. The van der Waals surface area contributed by atoms with Crippen LogP contribution in [-0.4, -0.2) is 74.4 Å². The van der Waals surface area contributed by atoms with E-state index in [1.807, 2.05) is 20.8 Å². The SMILES string of the molecule is CC(C)(C)OC(=O)N1CCCC1C(=O)NCCCNCCCCNCCCN. The monoisotopic (exact) mass is 399 g/mol. The molecule has 1 heterocycles. The van der Waals surface area contributed by atoms with Crippen molar-refractivity contribution >= 4 is 12.0 Å². The van der Waals surface area contributed by atoms with Crippen LogP contribution < -0.4 is 21.7 Å². The lowest BCUT2D eigenvalue weighted by Gasteiger charge is -2.28. The predicted octanol–water partition coefficient (Wildman–Crippen LogP) is 1.20. The minimum absolute atomic E-state index is 0.0769. The van der Waals surface area contributed by atoms with Gasteiger partial charge in [-0.1, -0.05) is 0 Å². The number of carbonyl (C=O) groups is 2. The molecule has 0 aromatic carbocycles. The van der Waals surface area contributed by atoms with Gasteiger partial charge in [-0.2, -0.15) is 0 Å². The second-order valence-corrected chi connectivity index (χ2v) is 8.33. The molecular formula is C20H41N5O3. The second-order valence-electron chi connectivity index (χ2n) is 8.33. The number of nitrogens with two attached hydrogens (primary N) is 1. The van der Waals surface area contributed by atoms with Crippen LogP contribution in [0, 0.1) is 0 Å². The molecule has 1 aliphatic heterocycles. The lowest BCUT2D eigenvalue weighted by molar-refractivity contribution is -0.125. The summed E-state index contributed by atoms with van der Waals surface area (Å²) in [5, 5.41) is 9.72. The topological polar surface area (TPSA) is 109 Å². The fraction of sp³-hybridized carbons (Fsp3) is 0.900. The van der Waals surface area contributed by atoms with E-state index in [1.165, 1.54) is 0 Å². The Morgan fingerprint density at radius 3 is 2.21 bits per heavy atom. The molecule has 1 aliphatic rings. The molecule has 0 aromatic heterocycles. The summed E-state index contributed by atoms with van der Waals surface area (Å²) in [6, 6.07) is -0.408. The van der Waals surface area contributed by atoms with Gasteiger partial charge in [0.1, 0.15) is 11.6 Å². The summed E-state index contributed by atoms with van der Waals surface area (Å²) < 4.78 is 5.41. The maximum atomic E-state index is 12.4. The van der Waals surface area contributed by atoms with E-state index < -0.39 is 17.7 Å². The molecule has 1 unspecified atom stereocenters. The summed E-state index contributed by atoms with van der Waals surface area (Å²) in [7, 11) is 0. The minimum Gasteiger partial charge on any atom is -0.444 e. The summed E-state index contributed by atoms with van der Waals surface area (Å²) in [5.74, 6) is -0.0769. The number of carbonyl (C=O) groups excluding carboxylic acids is 2. The average molecular weight is 400 g/mol. The van der Waals surface area contributed by atoms with E-state index in [0.29, 0.717) is 19.5 Å². The average Bonchev–Trinajstić information content (AvgIpc) is 3.11. The Morgan fingerprint density at radius 1 is 1.00 bits per heavy atom. The second kappa shape index (κ2) is 13.7. The largest absolute Gasteiger partial charge is 0.444 e. The lowest BCUT2D eigenvalue weighted by atomic mass is 10.2. The Bertz CT molecular complexity index is 454. The van der Waals surface area contributed by atoms with Crippen LogP contribution >= 0.6 is 0 Å². The fourth-order valence-corrected chi connectivity index (χ4v) is 3.10. The molecule has 1 atom stereocenters. The molecule has 8 heteroatoms. The van der Waals surface area contributed by atoms with Gasteiger partial charge >= 0.3 is 6.09 Å². The molecular weight excluding hydrogens is 358 g/mol. The number of nitrogens with zero attached hydrogens (tertiary/aromatic N) is 1. The highest BCUT2D eigenvalue weighted by Crippen LogP contribution is 2.20. The fourth-order valence-electron chi connectivity index (χ4n) is 3.10. The molecule has 0 radical (unpaired) electrons. The third-order valence-electron chi connectivity index (χ3n) is 4.53. The third kappa shape index (κ3) is 10.8. The number of rotatable bonds is 13. The Balaban J connectivity index is 2.07. The van der Waals surface area contributed by atoms with Gasteiger partial charge in [0.2, 0.25) is 5.91 Å². The predicted molar refractivity (Wildman–Crippen MR) is 112 cm³/mol. The van der Waals surface area contributed by atoms with Crippen LogP contribution in [-0.2, 0) is 9.53 Å². The van der Waals surface area contributed by atoms with Crippen LogP contribution in [0.15, 0.2) is 0 Å². The molecule has 1 fully saturated rings. The van der Waals surface area contributed by atoms with E-state index in [1.54, 1.807) is 4.90 Å². The summed E-state index contributed by atoms with van der Waals surface area (Å²) in [4.78, 5) is 26.2. The Labute approximate surface area is 170 Å². The molecule has 164 valence electrons. The van der Waals surface area contributed by atoms with Gasteiger partial charge in [-0.15, -0.1) is 0 Å². The van der Waals surface area contributed by atoms with E-state index in [4.69, 9.17) is 10.5 Å². The maximum absolute atomic E-state index is 12.4. The molecule has 0 aromatic rings. The molecule has 8 nitrogen and oxygen atoms in total. The van der Waals surface area contributed by atoms with Gasteiger partial charge in [0.15, 0.2) is 0 Å². The van der Waals surface area contributed by atoms with E-state index >= 15 is 0 Å². The van der Waals surface area contributed by atoms with Crippen molar-refractivity contribution in [2.75, 3.05) is 45.8 Å². The van der Waals surface area contributed by atoms with Crippen LogP contribution in [0.4, 0.5) is 4.79 Å². The lowest BCUT2D eigenvalue weighted by Crippen LogP contribution is -2.47. The number of likely N-dealkylation sites (tertiary alicyclic amines) is 1. The zero-order valence-electron chi connectivity index (χ0n) is 18.0. The van der Waals surface area contributed by atoms with Crippen LogP contribution in [0.2, 0.25) is 0 Å². The summed E-state index contributed by atoms with van der Waals surface area (Å²) >= 11 is 0. The van der Waals surface area contributed by atoms with E-state index in [0.717, 1.165) is 64.8 Å². The summed E-state index contributed by atoms with van der Waals surface area (Å²) in [6.45, 7) is 11.3. The van der Waals surface area contributed by atoms with Crippen molar-refractivity contribution in [2.45, 2.75) is 70.9 Å². The van der Waals surface area contributed by atoms with Gasteiger partial charge in [-0.3, -0.25) is 9.69 Å². The van der Waals surface area contributed by atoms with Crippen LogP contribution in [0.5, 0.6) is 0 Å². The Morgan fingerprint density at radius 2 is 1.61 bits per heavy atom. The van der Waals surface area contributed by atoms with Gasteiger partial charge in [0, 0.05) is 13.1 Å². The number of hydrogen-bond donors (Lipinski definition) is 4. The first-order chi connectivity index (χ1) is 13.3. The molecule has 5 N–H and O–H groups in total. The van der Waals surface area contributed by atoms with Crippen molar-refractivity contribution in [1.29, 1.82) is 0 Å². The number of unbranched alkanes of at least 4 members (excludes halogenated alkanes) is 1. The highest BCUT2D eigenvalue weighted by atomic mass is 16.6. The summed E-state index contributed by atoms with van der Waals surface area (Å²) in [6.07, 6.45) is 5.32. The van der Waals surface area contributed by atoms with Crippen molar-refractivity contribution in [3.05, 3.63) is 0 Å². The van der Waals surface area contributed by atoms with Crippen molar-refractivity contribution in [1.82, 2.24) is 20.9 Å². The van der Waals surface area contributed by atoms with Gasteiger partial charge < -0.3 is 26.4 Å². The molecule has 1 saturated heterocycles. The Kier molecular flexibility index (Phi) is 12.1. The molecule has 2 amide bonds. The first-order valence-electron chi connectivity index (χ1n) is 10.7. The number of hydrogen-bond acceptors (Lipinski definition) is 6. The quantitative estimate of drug-likeness (QED) is 0.347. The molecule has 0 aliphatic carbocycles. The molecule has 0 saturated carbocycles. The van der Waals surface area contributed by atoms with Crippen molar-refractivity contribution in [3.8, 4) is 0 Å². The highest BCUT2D eigenvalue weighted by molar-refractivity contribution is 5.86. The highest BCUT2D eigenvalue weighted by Gasteiger charge is 2.36. The zero-order chi connectivity index (χ0) is 20.8. The first-order valence-corrected chi connectivity index (χ1v) is 10.7. The molecule has 0 bridgehead atoms. The minimum atomic E-state index is -0.549. The van der Waals surface area contributed by atoms with Gasteiger partial charge in [-0.25, -0.2) is 4.79 Å². The van der Waals surface area contributed by atoms with Crippen LogP contribution in [0.25, 0.3) is 0 Å². The smallest absolute Gasteiger partial charge is 0.410 e. The van der Waals surface area contributed by atoms with E-state index in [2.05, 4.69) is 16.0 Å². The van der Waals surface area contributed by atoms with Crippen LogP contribution in [0.1, 0.15) is 59.3 Å². The Hall–Kier alpha value is -1.38. The van der Waals surface area contributed by atoms with Crippen molar-refractivity contribution in [3.63, 3.8) is 0 Å². The third-order valence-corrected chi connectivity index (χ3v) is 4.53. The normalized spacial score (nSPS) is 17.0. The van der Waals surface area contributed by atoms with Crippen molar-refractivity contribution < 1.29 is 14.3 Å². The molecule has 0 spiro atoms. The van der Waals surface area contributed by atoms with Gasteiger partial charge in [0.05, 0.1) is 0 Å².